The van der Waals surface area contributed by atoms with E-state index in [2.05, 4.69) is 15.4 Å². The monoisotopic (exact) mass is 349 g/mol. The van der Waals surface area contributed by atoms with Gasteiger partial charge in [0.15, 0.2) is 11.5 Å². The van der Waals surface area contributed by atoms with Crippen molar-refractivity contribution >= 4 is 16.7 Å². The summed E-state index contributed by atoms with van der Waals surface area (Å²) >= 11 is 0. The van der Waals surface area contributed by atoms with Crippen LogP contribution in [0.3, 0.4) is 0 Å². The Morgan fingerprint density at radius 1 is 1.23 bits per heavy atom. The molecule has 0 spiro atoms. The second kappa shape index (κ2) is 5.77. The summed E-state index contributed by atoms with van der Waals surface area (Å²) in [6, 6.07) is 6.00. The minimum Gasteiger partial charge on any atom is -0.315 e. The number of fused-ring (bicyclic) bond motifs is 2. The topological polar surface area (TPSA) is 82.0 Å². The van der Waals surface area contributed by atoms with E-state index in [1.54, 1.807) is 28.5 Å². The van der Waals surface area contributed by atoms with Crippen LogP contribution in [-0.4, -0.2) is 41.8 Å². The molecule has 0 aromatic carbocycles. The second-order valence-electron chi connectivity index (χ2n) is 6.70. The molecule has 0 saturated carbocycles. The highest BCUT2D eigenvalue weighted by atomic mass is 16.1. The van der Waals surface area contributed by atoms with E-state index in [0.717, 1.165) is 42.5 Å². The first-order valence-electron chi connectivity index (χ1n) is 8.81. The van der Waals surface area contributed by atoms with Crippen LogP contribution in [0.1, 0.15) is 18.9 Å². The maximum atomic E-state index is 12.8. The average molecular weight is 349 g/mol. The van der Waals surface area contributed by atoms with Crippen LogP contribution in [0, 0.1) is 0 Å². The number of nitrogens with one attached hydrogen (secondary N) is 1. The average Bonchev–Trinajstić information content (AvgIpc) is 3.22. The number of rotatable bonds is 2. The van der Waals surface area contributed by atoms with Crippen molar-refractivity contribution in [1.82, 2.24) is 34.0 Å². The summed E-state index contributed by atoms with van der Waals surface area (Å²) in [5.74, 6) is 0.585. The van der Waals surface area contributed by atoms with Crippen LogP contribution in [0.4, 0.5) is 0 Å². The molecular weight excluding hydrogens is 330 g/mol. The number of nitrogens with zero attached hydrogens (tertiary/aromatic N) is 6. The van der Waals surface area contributed by atoms with Gasteiger partial charge in [0.05, 0.1) is 29.5 Å². The highest BCUT2D eigenvalue weighted by Crippen LogP contribution is 2.25. The number of pyridine rings is 1. The number of piperidine rings is 1. The summed E-state index contributed by atoms with van der Waals surface area (Å²) in [7, 11) is 1.77. The molecule has 1 aliphatic heterocycles. The van der Waals surface area contributed by atoms with Crippen LogP contribution < -0.4 is 11.0 Å². The summed E-state index contributed by atoms with van der Waals surface area (Å²) < 4.78 is 5.24. The number of imidazole rings is 1. The molecule has 4 aromatic heterocycles. The number of aryl methyl sites for hydroxylation is 1. The van der Waals surface area contributed by atoms with Gasteiger partial charge in [0.1, 0.15) is 5.52 Å². The molecular formula is C18H19N7O. The van der Waals surface area contributed by atoms with Crippen LogP contribution >= 0.6 is 0 Å². The van der Waals surface area contributed by atoms with Gasteiger partial charge in [-0.15, -0.1) is 0 Å². The van der Waals surface area contributed by atoms with E-state index >= 15 is 0 Å². The van der Waals surface area contributed by atoms with Gasteiger partial charge in [-0.1, -0.05) is 6.07 Å². The van der Waals surface area contributed by atoms with Gasteiger partial charge in [-0.3, -0.25) is 9.13 Å². The van der Waals surface area contributed by atoms with Crippen molar-refractivity contribution < 1.29 is 0 Å². The SMILES string of the molecule is Cn1c(=O)n(C2CCCNC2)c2nc(-c3cnn4ccccc34)ncc21. The molecule has 1 atom stereocenters. The Balaban J connectivity index is 1.73. The molecule has 5 rings (SSSR count). The number of hydrogen-bond acceptors (Lipinski definition) is 5. The van der Waals surface area contributed by atoms with Gasteiger partial charge >= 0.3 is 5.69 Å². The molecule has 1 fully saturated rings. The standard InChI is InChI=1S/C18H19N7O/c1-23-15-11-20-16(13-10-21-24-8-3-2-6-14(13)24)22-17(15)25(18(23)26)12-5-4-7-19-9-12/h2-3,6,8,10-12,19H,4-5,7,9H2,1H3. The van der Waals surface area contributed by atoms with E-state index in [0.29, 0.717) is 11.5 Å². The van der Waals surface area contributed by atoms with Crippen LogP contribution in [0.5, 0.6) is 0 Å². The molecule has 1 unspecified atom stereocenters. The normalized spacial score (nSPS) is 18.0. The third kappa shape index (κ3) is 2.19. The molecule has 4 aromatic rings. The molecule has 26 heavy (non-hydrogen) atoms. The van der Waals surface area contributed by atoms with Gasteiger partial charge in [0, 0.05) is 19.8 Å². The van der Waals surface area contributed by atoms with Crippen molar-refractivity contribution in [2.45, 2.75) is 18.9 Å². The summed E-state index contributed by atoms with van der Waals surface area (Å²) in [6.45, 7) is 1.79. The largest absolute Gasteiger partial charge is 0.330 e. The van der Waals surface area contributed by atoms with Crippen LogP contribution in [0.15, 0.2) is 41.6 Å². The summed E-state index contributed by atoms with van der Waals surface area (Å²) in [5, 5.41) is 7.74. The molecule has 0 amide bonds. The van der Waals surface area contributed by atoms with Crippen molar-refractivity contribution in [1.29, 1.82) is 0 Å². The lowest BCUT2D eigenvalue weighted by molar-refractivity contribution is 0.368. The molecule has 1 saturated heterocycles. The molecule has 132 valence electrons. The zero-order valence-corrected chi connectivity index (χ0v) is 14.5. The highest BCUT2D eigenvalue weighted by molar-refractivity contribution is 5.79. The summed E-state index contributed by atoms with van der Waals surface area (Å²) in [4.78, 5) is 22.1. The molecule has 5 heterocycles. The highest BCUT2D eigenvalue weighted by Gasteiger charge is 2.23. The van der Waals surface area contributed by atoms with Gasteiger partial charge in [0.25, 0.3) is 0 Å². The predicted molar refractivity (Wildman–Crippen MR) is 98.1 cm³/mol. The Labute approximate surface area is 149 Å². The van der Waals surface area contributed by atoms with Crippen LogP contribution in [0.25, 0.3) is 28.1 Å². The van der Waals surface area contributed by atoms with E-state index in [-0.39, 0.29) is 11.7 Å². The van der Waals surface area contributed by atoms with E-state index in [4.69, 9.17) is 4.98 Å². The minimum atomic E-state index is -0.0417. The Morgan fingerprint density at radius 2 is 2.15 bits per heavy atom. The third-order valence-corrected chi connectivity index (χ3v) is 5.14. The quantitative estimate of drug-likeness (QED) is 0.591. The van der Waals surface area contributed by atoms with Crippen molar-refractivity contribution in [2.24, 2.45) is 7.05 Å². The molecule has 0 radical (unpaired) electrons. The number of hydrogen-bond donors (Lipinski definition) is 1. The van der Waals surface area contributed by atoms with Crippen molar-refractivity contribution in [3.8, 4) is 11.4 Å². The Bertz CT molecular complexity index is 1160. The molecule has 0 bridgehead atoms. The second-order valence-corrected chi connectivity index (χ2v) is 6.70. The van der Waals surface area contributed by atoms with Crippen molar-refractivity contribution in [2.75, 3.05) is 13.1 Å². The predicted octanol–water partition coefficient (Wildman–Crippen LogP) is 1.37. The Kier molecular flexibility index (Phi) is 3.39. The Hall–Kier alpha value is -3.00. The molecule has 0 aliphatic carbocycles. The maximum Gasteiger partial charge on any atom is 0.330 e. The molecule has 8 nitrogen and oxygen atoms in total. The van der Waals surface area contributed by atoms with E-state index < -0.39 is 0 Å². The minimum absolute atomic E-state index is 0.0417. The lowest BCUT2D eigenvalue weighted by Crippen LogP contribution is -2.36. The zero-order valence-electron chi connectivity index (χ0n) is 14.5. The van der Waals surface area contributed by atoms with Gasteiger partial charge in [-0.05, 0) is 31.5 Å². The first-order chi connectivity index (χ1) is 12.7. The first kappa shape index (κ1) is 15.3. The number of aromatic nitrogens is 6. The summed E-state index contributed by atoms with van der Waals surface area (Å²) in [6.07, 6.45) is 7.42. The lowest BCUT2D eigenvalue weighted by Gasteiger charge is -2.23. The third-order valence-electron chi connectivity index (χ3n) is 5.14. The first-order valence-corrected chi connectivity index (χ1v) is 8.81. The van der Waals surface area contributed by atoms with Crippen molar-refractivity contribution in [3.05, 3.63) is 47.3 Å². The molecule has 1 aliphatic rings. The fourth-order valence-electron chi connectivity index (χ4n) is 3.76. The van der Waals surface area contributed by atoms with E-state index in [9.17, 15) is 4.79 Å². The fourth-order valence-corrected chi connectivity index (χ4v) is 3.76. The van der Waals surface area contributed by atoms with Gasteiger partial charge in [0.2, 0.25) is 0 Å². The maximum absolute atomic E-state index is 12.8. The molecule has 1 N–H and O–H groups in total. The van der Waals surface area contributed by atoms with Crippen LogP contribution in [0.2, 0.25) is 0 Å². The van der Waals surface area contributed by atoms with Crippen molar-refractivity contribution in [3.63, 3.8) is 0 Å². The van der Waals surface area contributed by atoms with E-state index in [1.165, 1.54) is 0 Å². The Morgan fingerprint density at radius 3 is 3.00 bits per heavy atom. The zero-order chi connectivity index (χ0) is 17.7. The lowest BCUT2D eigenvalue weighted by atomic mass is 10.1. The fraction of sp³-hybridized carbons (Fsp3) is 0.333. The van der Waals surface area contributed by atoms with Crippen LogP contribution in [-0.2, 0) is 7.05 Å². The van der Waals surface area contributed by atoms with Gasteiger partial charge < -0.3 is 5.32 Å². The van der Waals surface area contributed by atoms with Gasteiger partial charge in [-0.25, -0.2) is 19.3 Å². The summed E-state index contributed by atoms with van der Waals surface area (Å²) in [5.41, 5.74) is 3.19. The van der Waals surface area contributed by atoms with E-state index in [1.807, 2.05) is 29.0 Å². The smallest absolute Gasteiger partial charge is 0.315 e. The molecule has 8 heteroatoms. The van der Waals surface area contributed by atoms with Gasteiger partial charge in [-0.2, -0.15) is 5.10 Å².